The Kier molecular flexibility index (Phi) is 5.29. The van der Waals surface area contributed by atoms with Crippen LogP contribution in [0, 0.1) is 17.0 Å². The summed E-state index contributed by atoms with van der Waals surface area (Å²) in [6, 6.07) is 15.2. The number of nitro groups is 1. The van der Waals surface area contributed by atoms with Gasteiger partial charge in [-0.2, -0.15) is 0 Å². The van der Waals surface area contributed by atoms with Gasteiger partial charge in [0.1, 0.15) is 0 Å². The van der Waals surface area contributed by atoms with Gasteiger partial charge < -0.3 is 10.2 Å². The van der Waals surface area contributed by atoms with Gasteiger partial charge in [0.25, 0.3) is 17.5 Å². The molecule has 0 aromatic heterocycles. The fraction of sp³-hybridized carbons (Fsp3) is 0.0370. The molecule has 0 spiro atoms. The number of rotatable bonds is 5. The second kappa shape index (κ2) is 8.38. The molecule has 2 N–H and O–H groups in total. The highest BCUT2D eigenvalue weighted by molar-refractivity contribution is 6.37. The fourth-order valence-electron chi connectivity index (χ4n) is 4.58. The highest BCUT2D eigenvalue weighted by Gasteiger charge is 2.38. The van der Waals surface area contributed by atoms with Gasteiger partial charge in [-0.05, 0) is 53.8 Å². The molecule has 0 saturated heterocycles. The van der Waals surface area contributed by atoms with E-state index in [0.717, 1.165) is 11.0 Å². The molecule has 0 unspecified atom stereocenters. The summed E-state index contributed by atoms with van der Waals surface area (Å²) in [6.45, 7) is 1.62. The van der Waals surface area contributed by atoms with Crippen molar-refractivity contribution in [2.75, 3.05) is 4.90 Å². The monoisotopic (exact) mass is 496 g/mol. The van der Waals surface area contributed by atoms with Crippen molar-refractivity contribution in [1.29, 1.82) is 0 Å². The van der Waals surface area contributed by atoms with Gasteiger partial charge in [0, 0.05) is 17.0 Å². The zero-order chi connectivity index (χ0) is 26.6. The molecule has 0 saturated carbocycles. The molecular formula is C27H16N2O8. The molecule has 0 fully saturated rings. The number of amides is 2. The van der Waals surface area contributed by atoms with Crippen molar-refractivity contribution in [3.8, 4) is 11.1 Å². The molecule has 1 heterocycles. The van der Waals surface area contributed by atoms with Crippen LogP contribution in [0.15, 0.2) is 66.7 Å². The molecule has 4 aromatic carbocycles. The van der Waals surface area contributed by atoms with E-state index in [1.54, 1.807) is 13.0 Å². The molecule has 4 aromatic rings. The van der Waals surface area contributed by atoms with Gasteiger partial charge in [-0.1, -0.05) is 30.3 Å². The summed E-state index contributed by atoms with van der Waals surface area (Å²) in [4.78, 5) is 62.3. The lowest BCUT2D eigenvalue weighted by molar-refractivity contribution is -0.384. The Bertz CT molecular complexity index is 1710. The summed E-state index contributed by atoms with van der Waals surface area (Å²) in [6.07, 6.45) is 0. The predicted molar refractivity (Wildman–Crippen MR) is 132 cm³/mol. The lowest BCUT2D eigenvalue weighted by atomic mass is 9.87. The quantitative estimate of drug-likeness (QED) is 0.224. The number of nitro benzene ring substituents is 1. The average molecular weight is 496 g/mol. The summed E-state index contributed by atoms with van der Waals surface area (Å²) in [7, 11) is 0. The first kappa shape index (κ1) is 23.4. The minimum Gasteiger partial charge on any atom is -0.478 e. The number of carbonyl (C=O) groups excluding carboxylic acids is 2. The number of benzene rings is 4. The smallest absolute Gasteiger partial charge is 0.335 e. The normalized spacial score (nSPS) is 12.6. The summed E-state index contributed by atoms with van der Waals surface area (Å²) >= 11 is 0. The predicted octanol–water partition coefficient (Wildman–Crippen LogP) is 4.92. The Hall–Kier alpha value is -5.38. The lowest BCUT2D eigenvalue weighted by Crippen LogP contribution is -2.41. The Balaban J connectivity index is 1.79. The summed E-state index contributed by atoms with van der Waals surface area (Å²) in [5.74, 6) is -3.92. The van der Waals surface area contributed by atoms with Crippen molar-refractivity contribution in [3.05, 3.63) is 105 Å². The molecule has 0 aliphatic carbocycles. The zero-order valence-corrected chi connectivity index (χ0v) is 19.1. The molecule has 1 aliphatic rings. The van der Waals surface area contributed by atoms with Crippen LogP contribution < -0.4 is 4.90 Å². The van der Waals surface area contributed by atoms with Crippen LogP contribution in [0.3, 0.4) is 0 Å². The first-order chi connectivity index (χ1) is 17.6. The Morgan fingerprint density at radius 2 is 1.46 bits per heavy atom. The molecule has 10 nitrogen and oxygen atoms in total. The van der Waals surface area contributed by atoms with Crippen LogP contribution in [0.5, 0.6) is 0 Å². The number of aromatic carboxylic acids is 2. The number of anilines is 1. The lowest BCUT2D eigenvalue weighted by Gasteiger charge is -2.29. The first-order valence-electron chi connectivity index (χ1n) is 10.9. The van der Waals surface area contributed by atoms with Crippen molar-refractivity contribution in [2.24, 2.45) is 0 Å². The van der Waals surface area contributed by atoms with Crippen LogP contribution >= 0.6 is 0 Å². The molecule has 10 heteroatoms. The summed E-state index contributed by atoms with van der Waals surface area (Å²) in [5, 5.41) is 31.2. The van der Waals surface area contributed by atoms with Crippen LogP contribution in [0.1, 0.15) is 47.0 Å². The van der Waals surface area contributed by atoms with Gasteiger partial charge in [-0.3, -0.25) is 19.7 Å². The van der Waals surface area contributed by atoms with Crippen LogP contribution in [-0.4, -0.2) is 38.9 Å². The highest BCUT2D eigenvalue weighted by atomic mass is 16.6. The number of hydrogen-bond acceptors (Lipinski definition) is 6. The van der Waals surface area contributed by atoms with Gasteiger partial charge >= 0.3 is 11.9 Å². The third kappa shape index (κ3) is 3.59. The fourth-order valence-corrected chi connectivity index (χ4v) is 4.58. The van der Waals surface area contributed by atoms with E-state index in [1.165, 1.54) is 54.6 Å². The van der Waals surface area contributed by atoms with Crippen molar-refractivity contribution in [1.82, 2.24) is 0 Å². The third-order valence-electron chi connectivity index (χ3n) is 6.32. The van der Waals surface area contributed by atoms with Crippen molar-refractivity contribution in [2.45, 2.75) is 6.92 Å². The molecule has 37 heavy (non-hydrogen) atoms. The van der Waals surface area contributed by atoms with Gasteiger partial charge in [0.05, 0.1) is 32.9 Å². The minimum absolute atomic E-state index is 0.00547. The summed E-state index contributed by atoms with van der Waals surface area (Å²) < 4.78 is 0. The minimum atomic E-state index is -1.24. The standard InChI is InChI=1S/C27H16N2O8/c1-13-5-6-16(27(34)35)11-20(13)28-24(30)18-4-2-3-17-22(14-7-9-15(10-8-14)26(32)33)21(29(36)37)12-19(23(17)18)25(28)31/h2-12H,1H3,(H,32,33)(H,34,35). The van der Waals surface area contributed by atoms with Crippen LogP contribution in [-0.2, 0) is 0 Å². The van der Waals surface area contributed by atoms with E-state index in [2.05, 4.69) is 0 Å². The van der Waals surface area contributed by atoms with Crippen LogP contribution in [0.25, 0.3) is 21.9 Å². The van der Waals surface area contributed by atoms with E-state index in [-0.39, 0.29) is 44.3 Å². The van der Waals surface area contributed by atoms with Crippen LogP contribution in [0.2, 0.25) is 0 Å². The SMILES string of the molecule is Cc1ccc(C(=O)O)cc1N1C(=O)c2cccc3c(-c4ccc(C(=O)O)cc4)c([N+](=O)[O-])cc(c23)C1=O. The van der Waals surface area contributed by atoms with E-state index in [9.17, 15) is 39.5 Å². The molecule has 0 bridgehead atoms. The van der Waals surface area contributed by atoms with E-state index in [4.69, 9.17) is 0 Å². The molecular weight excluding hydrogens is 480 g/mol. The van der Waals surface area contributed by atoms with Crippen LogP contribution in [0.4, 0.5) is 11.4 Å². The Morgan fingerprint density at radius 3 is 2.08 bits per heavy atom. The number of aryl methyl sites for hydroxylation is 1. The van der Waals surface area contributed by atoms with Crippen molar-refractivity contribution in [3.63, 3.8) is 0 Å². The largest absolute Gasteiger partial charge is 0.478 e. The first-order valence-corrected chi connectivity index (χ1v) is 10.9. The molecule has 0 radical (unpaired) electrons. The van der Waals surface area contributed by atoms with E-state index < -0.39 is 34.4 Å². The Morgan fingerprint density at radius 1 is 0.838 bits per heavy atom. The topological polar surface area (TPSA) is 155 Å². The van der Waals surface area contributed by atoms with E-state index >= 15 is 0 Å². The maximum atomic E-state index is 13.7. The average Bonchev–Trinajstić information content (AvgIpc) is 2.87. The Labute approximate surface area is 208 Å². The van der Waals surface area contributed by atoms with E-state index in [0.29, 0.717) is 11.1 Å². The molecule has 0 atom stereocenters. The number of nitrogens with zero attached hydrogens (tertiary/aromatic N) is 2. The number of carbonyl (C=O) groups is 4. The van der Waals surface area contributed by atoms with Gasteiger partial charge in [0.15, 0.2) is 0 Å². The molecule has 2 amide bonds. The molecule has 1 aliphatic heterocycles. The number of carboxylic acids is 2. The number of imide groups is 1. The second-order valence-electron chi connectivity index (χ2n) is 8.44. The number of carboxylic acid groups (broad SMARTS) is 2. The second-order valence-corrected chi connectivity index (χ2v) is 8.44. The molecule has 182 valence electrons. The maximum Gasteiger partial charge on any atom is 0.335 e. The van der Waals surface area contributed by atoms with Gasteiger partial charge in [-0.25, -0.2) is 14.5 Å². The van der Waals surface area contributed by atoms with Gasteiger partial charge in [-0.15, -0.1) is 0 Å². The third-order valence-corrected chi connectivity index (χ3v) is 6.32. The van der Waals surface area contributed by atoms with E-state index in [1.807, 2.05) is 0 Å². The highest BCUT2D eigenvalue weighted by Crippen LogP contribution is 2.43. The zero-order valence-electron chi connectivity index (χ0n) is 19.1. The van der Waals surface area contributed by atoms with Crippen molar-refractivity contribution >= 4 is 45.9 Å². The maximum absolute atomic E-state index is 13.7. The van der Waals surface area contributed by atoms with Crippen molar-refractivity contribution < 1.29 is 34.3 Å². The molecule has 5 rings (SSSR count). The van der Waals surface area contributed by atoms with Gasteiger partial charge in [0.2, 0.25) is 0 Å². The summed E-state index contributed by atoms with van der Waals surface area (Å²) in [5.41, 5.74) is 0.508. The number of hydrogen-bond donors (Lipinski definition) is 2.